The lowest BCUT2D eigenvalue weighted by Crippen LogP contribution is -2.38. The fourth-order valence-corrected chi connectivity index (χ4v) is 3.30. The number of halogens is 1. The number of aromatic nitrogens is 1. The monoisotopic (exact) mass is 517 g/mol. The Bertz CT molecular complexity index is 796. The van der Waals surface area contributed by atoms with E-state index in [2.05, 4.69) is 15.3 Å². The van der Waals surface area contributed by atoms with E-state index in [4.69, 9.17) is 10.5 Å². The molecule has 0 aliphatic carbocycles. The lowest BCUT2D eigenvalue weighted by atomic mass is 10.1. The number of nitrogens with two attached hydrogens (primary N) is 1. The number of carbonyl (C=O) groups is 1. The number of methoxy groups -OCH3 is 1. The molecule has 2 aromatic rings. The number of rotatable bonds is 8. The molecule has 3 N–H and O–H groups in total. The second-order valence-electron chi connectivity index (χ2n) is 6.15. The molecule has 0 spiro atoms. The Labute approximate surface area is 187 Å². The first-order valence-corrected chi connectivity index (χ1v) is 9.67. The van der Waals surface area contributed by atoms with Crippen LogP contribution in [0.5, 0.6) is 0 Å². The predicted octanol–water partition coefficient (Wildman–Crippen LogP) is 3.16. The largest absolute Gasteiger partial charge is 0.375 e. The molecule has 1 unspecified atom stereocenters. The minimum Gasteiger partial charge on any atom is -0.375 e. The first-order valence-electron chi connectivity index (χ1n) is 8.79. The third-order valence-electron chi connectivity index (χ3n) is 3.99. The normalized spacial score (nSPS) is 12.2. The zero-order valence-electron chi connectivity index (χ0n) is 16.6. The van der Waals surface area contributed by atoms with Crippen LogP contribution in [-0.2, 0) is 17.8 Å². The Morgan fingerprint density at radius 3 is 2.86 bits per heavy atom. The van der Waals surface area contributed by atoms with Crippen LogP contribution in [-0.4, -0.2) is 42.5 Å². The summed E-state index contributed by atoms with van der Waals surface area (Å²) >= 11 is 1.60. The highest BCUT2D eigenvalue weighted by molar-refractivity contribution is 14.0. The molecule has 7 nitrogen and oxygen atoms in total. The van der Waals surface area contributed by atoms with Crippen molar-refractivity contribution in [3.05, 3.63) is 51.5 Å². The summed E-state index contributed by atoms with van der Waals surface area (Å²) in [7, 11) is 3.65. The van der Waals surface area contributed by atoms with E-state index in [1.807, 2.05) is 43.3 Å². The Morgan fingerprint density at radius 1 is 1.46 bits per heavy atom. The van der Waals surface area contributed by atoms with Crippen LogP contribution in [0, 0.1) is 0 Å². The van der Waals surface area contributed by atoms with Crippen molar-refractivity contribution in [1.29, 1.82) is 0 Å². The summed E-state index contributed by atoms with van der Waals surface area (Å²) in [4.78, 5) is 22.7. The molecule has 1 atom stereocenters. The van der Waals surface area contributed by atoms with Crippen molar-refractivity contribution in [2.45, 2.75) is 33.0 Å². The molecular weight excluding hydrogens is 489 g/mol. The smallest absolute Gasteiger partial charge is 0.248 e. The molecule has 0 aliphatic rings. The maximum absolute atomic E-state index is 11.3. The van der Waals surface area contributed by atoms with Crippen LogP contribution in [0.1, 0.15) is 46.6 Å². The van der Waals surface area contributed by atoms with Gasteiger partial charge >= 0.3 is 0 Å². The number of hydrogen-bond acceptors (Lipinski definition) is 5. The van der Waals surface area contributed by atoms with Gasteiger partial charge in [-0.05, 0) is 31.5 Å². The zero-order valence-corrected chi connectivity index (χ0v) is 19.8. The van der Waals surface area contributed by atoms with Crippen LogP contribution in [0.2, 0.25) is 0 Å². The van der Waals surface area contributed by atoms with Gasteiger partial charge in [-0.1, -0.05) is 12.1 Å². The number of benzene rings is 1. The number of guanidine groups is 1. The highest BCUT2D eigenvalue weighted by Gasteiger charge is 2.12. The number of thiazole rings is 1. The fourth-order valence-electron chi connectivity index (χ4n) is 2.46. The van der Waals surface area contributed by atoms with E-state index in [9.17, 15) is 4.79 Å². The summed E-state index contributed by atoms with van der Waals surface area (Å²) < 4.78 is 5.32. The quantitative estimate of drug-likeness (QED) is 0.319. The molecule has 1 amide bonds. The van der Waals surface area contributed by atoms with Crippen molar-refractivity contribution in [1.82, 2.24) is 15.2 Å². The number of hydrogen-bond donors (Lipinski definition) is 2. The van der Waals surface area contributed by atoms with E-state index in [1.165, 1.54) is 0 Å². The Kier molecular flexibility index (Phi) is 10.4. The van der Waals surface area contributed by atoms with Gasteiger partial charge in [0.1, 0.15) is 11.1 Å². The van der Waals surface area contributed by atoms with Crippen molar-refractivity contribution >= 4 is 47.2 Å². The number of nitrogens with one attached hydrogen (secondary N) is 1. The second-order valence-corrected chi connectivity index (χ2v) is 7.04. The molecule has 1 aromatic carbocycles. The molecule has 154 valence electrons. The molecule has 0 saturated heterocycles. The first kappa shape index (κ1) is 24.3. The van der Waals surface area contributed by atoms with Gasteiger partial charge in [-0.15, -0.1) is 35.3 Å². The minimum atomic E-state index is -0.436. The third-order valence-corrected chi connectivity index (χ3v) is 5.04. The van der Waals surface area contributed by atoms with E-state index in [1.54, 1.807) is 30.6 Å². The van der Waals surface area contributed by atoms with Crippen molar-refractivity contribution in [2.75, 3.05) is 20.7 Å². The molecule has 0 fully saturated rings. The first-order chi connectivity index (χ1) is 12.9. The Balaban J connectivity index is 0.00000392. The maximum atomic E-state index is 11.3. The van der Waals surface area contributed by atoms with Gasteiger partial charge in [-0.3, -0.25) is 4.79 Å². The third kappa shape index (κ3) is 7.02. The SMILES string of the molecule is CCNC(=NCc1cccc(C(N)=O)c1)N(C)Cc1csc(C(C)OC)n1.I. The van der Waals surface area contributed by atoms with Gasteiger partial charge in [-0.2, -0.15) is 0 Å². The van der Waals surface area contributed by atoms with Crippen molar-refractivity contribution in [2.24, 2.45) is 10.7 Å². The average molecular weight is 517 g/mol. The zero-order chi connectivity index (χ0) is 19.8. The topological polar surface area (TPSA) is 92.8 Å². The van der Waals surface area contributed by atoms with Crippen LogP contribution >= 0.6 is 35.3 Å². The van der Waals surface area contributed by atoms with Crippen LogP contribution in [0.15, 0.2) is 34.6 Å². The van der Waals surface area contributed by atoms with E-state index in [0.29, 0.717) is 18.7 Å². The predicted molar refractivity (Wildman–Crippen MR) is 124 cm³/mol. The Morgan fingerprint density at radius 2 is 2.21 bits per heavy atom. The summed E-state index contributed by atoms with van der Waals surface area (Å²) in [5, 5.41) is 6.29. The van der Waals surface area contributed by atoms with E-state index >= 15 is 0 Å². The summed E-state index contributed by atoms with van der Waals surface area (Å²) in [6.45, 7) is 5.86. The number of primary amides is 1. The molecule has 1 heterocycles. The molecule has 0 radical (unpaired) electrons. The van der Waals surface area contributed by atoms with Crippen molar-refractivity contribution in [3.63, 3.8) is 0 Å². The summed E-state index contributed by atoms with van der Waals surface area (Å²) in [5.74, 6) is 0.339. The molecule has 0 saturated carbocycles. The number of ether oxygens (including phenoxy) is 1. The summed E-state index contributed by atoms with van der Waals surface area (Å²) in [6, 6.07) is 7.22. The van der Waals surface area contributed by atoms with E-state index in [0.717, 1.165) is 28.8 Å². The molecule has 28 heavy (non-hydrogen) atoms. The van der Waals surface area contributed by atoms with Gasteiger partial charge in [0, 0.05) is 31.6 Å². The van der Waals surface area contributed by atoms with Gasteiger partial charge in [0.15, 0.2) is 5.96 Å². The lowest BCUT2D eigenvalue weighted by molar-refractivity contribution is 0.1000. The van der Waals surface area contributed by atoms with Crippen LogP contribution in [0.25, 0.3) is 0 Å². The number of nitrogens with zero attached hydrogens (tertiary/aromatic N) is 3. The van der Waals surface area contributed by atoms with Crippen LogP contribution in [0.4, 0.5) is 0 Å². The highest BCUT2D eigenvalue weighted by Crippen LogP contribution is 2.21. The van der Waals surface area contributed by atoms with Gasteiger partial charge in [0.2, 0.25) is 5.91 Å². The number of amides is 1. The van der Waals surface area contributed by atoms with Gasteiger partial charge < -0.3 is 20.7 Å². The highest BCUT2D eigenvalue weighted by atomic mass is 127. The lowest BCUT2D eigenvalue weighted by Gasteiger charge is -2.21. The molecule has 9 heteroatoms. The maximum Gasteiger partial charge on any atom is 0.248 e. The van der Waals surface area contributed by atoms with Crippen LogP contribution < -0.4 is 11.1 Å². The standard InChI is InChI=1S/C19H27N5O2S.HI/c1-5-21-19(22-10-14-7-6-8-15(9-14)17(20)25)24(3)11-16-12-27-18(23-16)13(2)26-4;/h6-9,12-13H,5,10-11H2,1-4H3,(H2,20,25)(H,21,22);1H. The van der Waals surface area contributed by atoms with Gasteiger partial charge in [0.05, 0.1) is 18.8 Å². The summed E-state index contributed by atoms with van der Waals surface area (Å²) in [5.41, 5.74) is 7.74. The van der Waals surface area contributed by atoms with E-state index < -0.39 is 5.91 Å². The fraction of sp³-hybridized carbons (Fsp3) is 0.421. The minimum absolute atomic E-state index is 0. The number of aliphatic imine (C=N–C) groups is 1. The molecule has 2 rings (SSSR count). The van der Waals surface area contributed by atoms with Gasteiger partial charge in [0.25, 0.3) is 0 Å². The average Bonchev–Trinajstić information content (AvgIpc) is 3.13. The molecule has 1 aromatic heterocycles. The molecule has 0 bridgehead atoms. The second kappa shape index (κ2) is 12.0. The molecular formula is C19H28IN5O2S. The van der Waals surface area contributed by atoms with Crippen molar-refractivity contribution in [3.8, 4) is 0 Å². The van der Waals surface area contributed by atoms with Crippen molar-refractivity contribution < 1.29 is 9.53 Å². The molecule has 0 aliphatic heterocycles. The number of carbonyl (C=O) groups excluding carboxylic acids is 1. The Hall–Kier alpha value is -1.72. The van der Waals surface area contributed by atoms with E-state index in [-0.39, 0.29) is 30.1 Å². The van der Waals surface area contributed by atoms with Gasteiger partial charge in [-0.25, -0.2) is 9.98 Å². The van der Waals surface area contributed by atoms with Crippen LogP contribution in [0.3, 0.4) is 0 Å². The summed E-state index contributed by atoms with van der Waals surface area (Å²) in [6.07, 6.45) is -0.00603.